The molecule has 70 valence electrons. The molecule has 1 unspecified atom stereocenters. The van der Waals surface area contributed by atoms with E-state index in [9.17, 15) is 0 Å². The van der Waals surface area contributed by atoms with Gasteiger partial charge in [0.05, 0.1) is 0 Å². The van der Waals surface area contributed by atoms with Gasteiger partial charge in [-0.05, 0) is 38.5 Å². The van der Waals surface area contributed by atoms with Gasteiger partial charge in [0.25, 0.3) is 0 Å². The molecule has 1 saturated carbocycles. The van der Waals surface area contributed by atoms with Crippen molar-refractivity contribution in [2.24, 2.45) is 11.8 Å². The second-order valence-corrected chi connectivity index (χ2v) is 5.15. The van der Waals surface area contributed by atoms with E-state index in [4.69, 9.17) is 0 Å². The Labute approximate surface area is 76.1 Å². The van der Waals surface area contributed by atoms with Crippen LogP contribution in [0.2, 0.25) is 0 Å². The molecule has 2 fully saturated rings. The number of hydrogen-bond donors (Lipinski definition) is 0. The van der Waals surface area contributed by atoms with Gasteiger partial charge in [-0.3, -0.25) is 4.90 Å². The summed E-state index contributed by atoms with van der Waals surface area (Å²) >= 11 is 0. The molecule has 2 rings (SSSR count). The maximum Gasteiger partial charge on any atom is 0.0134 e. The van der Waals surface area contributed by atoms with E-state index in [1.807, 2.05) is 0 Å². The maximum atomic E-state index is 2.76. The van der Waals surface area contributed by atoms with Crippen LogP contribution in [0.25, 0.3) is 0 Å². The number of fused-ring (bicyclic) bond motifs is 1. The first kappa shape index (κ1) is 8.55. The molecule has 3 atom stereocenters. The van der Waals surface area contributed by atoms with E-state index in [1.165, 1.54) is 12.8 Å². The first-order chi connectivity index (χ1) is 5.61. The van der Waals surface area contributed by atoms with E-state index in [-0.39, 0.29) is 0 Å². The standard InChI is InChI=1S/C11H21N/c1-7(2)10-5-9-6-11(9)12(10)8(3)4/h7-11H,5-6H2,1-4H3/t9-,10+,11?/m1/s1. The summed E-state index contributed by atoms with van der Waals surface area (Å²) in [5, 5.41) is 0. The Morgan fingerprint density at radius 3 is 2.17 bits per heavy atom. The summed E-state index contributed by atoms with van der Waals surface area (Å²) in [6, 6.07) is 2.61. The Morgan fingerprint density at radius 2 is 1.75 bits per heavy atom. The van der Waals surface area contributed by atoms with Crippen LogP contribution in [0.1, 0.15) is 40.5 Å². The third-order valence-corrected chi connectivity index (χ3v) is 3.56. The van der Waals surface area contributed by atoms with Crippen molar-refractivity contribution in [3.63, 3.8) is 0 Å². The Morgan fingerprint density at radius 1 is 1.08 bits per heavy atom. The molecule has 1 aliphatic carbocycles. The molecule has 1 heterocycles. The molecule has 12 heavy (non-hydrogen) atoms. The summed E-state index contributed by atoms with van der Waals surface area (Å²) in [4.78, 5) is 2.76. The molecule has 0 aromatic rings. The lowest BCUT2D eigenvalue weighted by molar-refractivity contribution is 0.136. The number of hydrogen-bond acceptors (Lipinski definition) is 1. The first-order valence-electron chi connectivity index (χ1n) is 5.38. The molecule has 0 bridgehead atoms. The molecule has 0 N–H and O–H groups in total. The fourth-order valence-corrected chi connectivity index (χ4v) is 2.91. The predicted octanol–water partition coefficient (Wildman–Crippen LogP) is 2.51. The average Bonchev–Trinajstić information content (AvgIpc) is 2.60. The Balaban J connectivity index is 2.06. The van der Waals surface area contributed by atoms with Crippen LogP contribution in [-0.2, 0) is 0 Å². The Hall–Kier alpha value is -0.0400. The molecule has 0 aromatic heterocycles. The SMILES string of the molecule is CC(C)[C@@H]1C[C@@H]2CC2N1C(C)C. The maximum absolute atomic E-state index is 2.76. The van der Waals surface area contributed by atoms with Crippen molar-refractivity contribution in [1.82, 2.24) is 4.90 Å². The zero-order chi connectivity index (χ0) is 8.88. The van der Waals surface area contributed by atoms with Crippen LogP contribution in [0.15, 0.2) is 0 Å². The number of piperidine rings is 1. The molecule has 0 aromatic carbocycles. The summed E-state index contributed by atoms with van der Waals surface area (Å²) in [5.41, 5.74) is 0. The average molecular weight is 167 g/mol. The van der Waals surface area contributed by atoms with Gasteiger partial charge in [0.1, 0.15) is 0 Å². The van der Waals surface area contributed by atoms with Crippen molar-refractivity contribution in [1.29, 1.82) is 0 Å². The van der Waals surface area contributed by atoms with Crippen LogP contribution >= 0.6 is 0 Å². The van der Waals surface area contributed by atoms with Crippen LogP contribution in [0.3, 0.4) is 0 Å². The van der Waals surface area contributed by atoms with Crippen LogP contribution in [0.4, 0.5) is 0 Å². The fourth-order valence-electron chi connectivity index (χ4n) is 2.91. The highest BCUT2D eigenvalue weighted by atomic mass is 15.3. The Bertz CT molecular complexity index is 174. The second kappa shape index (κ2) is 2.73. The molecular weight excluding hydrogens is 146 g/mol. The van der Waals surface area contributed by atoms with Crippen molar-refractivity contribution in [2.45, 2.75) is 58.7 Å². The van der Waals surface area contributed by atoms with Gasteiger partial charge >= 0.3 is 0 Å². The number of nitrogens with zero attached hydrogens (tertiary/aromatic N) is 1. The largest absolute Gasteiger partial charge is 0.294 e. The van der Waals surface area contributed by atoms with E-state index in [0.29, 0.717) is 0 Å². The van der Waals surface area contributed by atoms with Crippen molar-refractivity contribution < 1.29 is 0 Å². The van der Waals surface area contributed by atoms with Gasteiger partial charge in [-0.15, -0.1) is 0 Å². The third-order valence-electron chi connectivity index (χ3n) is 3.56. The van der Waals surface area contributed by atoms with E-state index < -0.39 is 0 Å². The first-order valence-corrected chi connectivity index (χ1v) is 5.38. The predicted molar refractivity (Wildman–Crippen MR) is 52.1 cm³/mol. The van der Waals surface area contributed by atoms with E-state index in [0.717, 1.165) is 30.0 Å². The van der Waals surface area contributed by atoms with Crippen LogP contribution in [0, 0.1) is 11.8 Å². The summed E-state index contributed by atoms with van der Waals surface area (Å²) in [7, 11) is 0. The van der Waals surface area contributed by atoms with Gasteiger partial charge in [0.2, 0.25) is 0 Å². The minimum absolute atomic E-state index is 0.759. The van der Waals surface area contributed by atoms with Gasteiger partial charge < -0.3 is 0 Å². The summed E-state index contributed by atoms with van der Waals surface area (Å²) in [6.07, 6.45) is 2.96. The summed E-state index contributed by atoms with van der Waals surface area (Å²) < 4.78 is 0. The lowest BCUT2D eigenvalue weighted by Gasteiger charge is -2.33. The summed E-state index contributed by atoms with van der Waals surface area (Å²) in [6.45, 7) is 9.42. The quantitative estimate of drug-likeness (QED) is 0.611. The van der Waals surface area contributed by atoms with Crippen molar-refractivity contribution in [3.05, 3.63) is 0 Å². The zero-order valence-electron chi connectivity index (χ0n) is 8.75. The van der Waals surface area contributed by atoms with E-state index in [1.54, 1.807) is 0 Å². The molecule has 2 aliphatic rings. The monoisotopic (exact) mass is 167 g/mol. The molecule has 1 heteroatoms. The molecule has 0 spiro atoms. The van der Waals surface area contributed by atoms with Crippen LogP contribution < -0.4 is 0 Å². The van der Waals surface area contributed by atoms with Crippen molar-refractivity contribution in [2.75, 3.05) is 0 Å². The highest BCUT2D eigenvalue weighted by Gasteiger charge is 2.52. The highest BCUT2D eigenvalue weighted by molar-refractivity contribution is 5.07. The van der Waals surface area contributed by atoms with Gasteiger partial charge in [-0.1, -0.05) is 13.8 Å². The van der Waals surface area contributed by atoms with Gasteiger partial charge in [-0.2, -0.15) is 0 Å². The smallest absolute Gasteiger partial charge is 0.0134 e. The molecule has 0 amide bonds. The van der Waals surface area contributed by atoms with Gasteiger partial charge in [0, 0.05) is 18.1 Å². The zero-order valence-corrected chi connectivity index (χ0v) is 8.75. The normalized spacial score (nSPS) is 41.0. The molecule has 1 aliphatic heterocycles. The topological polar surface area (TPSA) is 3.24 Å². The lowest BCUT2D eigenvalue weighted by atomic mass is 9.99. The molecule has 0 radical (unpaired) electrons. The number of likely N-dealkylation sites (tertiary alicyclic amines) is 1. The molecular formula is C11H21N. The molecule has 1 nitrogen and oxygen atoms in total. The van der Waals surface area contributed by atoms with Crippen LogP contribution in [0.5, 0.6) is 0 Å². The highest BCUT2D eigenvalue weighted by Crippen LogP contribution is 2.50. The van der Waals surface area contributed by atoms with E-state index >= 15 is 0 Å². The number of rotatable bonds is 2. The fraction of sp³-hybridized carbons (Fsp3) is 1.00. The minimum atomic E-state index is 0.759. The minimum Gasteiger partial charge on any atom is -0.294 e. The third kappa shape index (κ3) is 1.19. The lowest BCUT2D eigenvalue weighted by Crippen LogP contribution is -2.41. The Kier molecular flexibility index (Phi) is 1.95. The van der Waals surface area contributed by atoms with Crippen LogP contribution in [-0.4, -0.2) is 23.0 Å². The van der Waals surface area contributed by atoms with Gasteiger partial charge in [0.15, 0.2) is 0 Å². The van der Waals surface area contributed by atoms with Gasteiger partial charge in [-0.25, -0.2) is 0 Å². The second-order valence-electron chi connectivity index (χ2n) is 5.15. The van der Waals surface area contributed by atoms with Crippen molar-refractivity contribution in [3.8, 4) is 0 Å². The molecule has 1 saturated heterocycles. The summed E-state index contributed by atoms with van der Waals surface area (Å²) in [5.74, 6) is 1.92. The van der Waals surface area contributed by atoms with E-state index in [2.05, 4.69) is 32.6 Å². The van der Waals surface area contributed by atoms with Crippen molar-refractivity contribution >= 4 is 0 Å².